The molecule has 1 aromatic heterocycles. The van der Waals surface area contributed by atoms with E-state index in [1.807, 2.05) is 4.90 Å². The molecule has 2 aliphatic rings. The van der Waals surface area contributed by atoms with Crippen molar-refractivity contribution in [3.63, 3.8) is 0 Å². The predicted molar refractivity (Wildman–Crippen MR) is 102 cm³/mol. The summed E-state index contributed by atoms with van der Waals surface area (Å²) in [4.78, 5) is 25.9. The lowest BCUT2D eigenvalue weighted by Crippen LogP contribution is -2.36. The maximum atomic E-state index is 15.0. The number of hydrogen-bond donors (Lipinski definition) is 2. The Morgan fingerprint density at radius 3 is 2.70 bits per heavy atom. The number of nitrogens with two attached hydrogens (primary N) is 1. The molecule has 1 atom stereocenters. The Morgan fingerprint density at radius 1 is 1.30 bits per heavy atom. The smallest absolute Gasteiger partial charge is 0.341 e. The summed E-state index contributed by atoms with van der Waals surface area (Å²) in [5, 5.41) is 9.51. The quantitative estimate of drug-likeness (QED) is 0.836. The number of carboxylic acids is 1. The maximum Gasteiger partial charge on any atom is 0.341 e. The van der Waals surface area contributed by atoms with Gasteiger partial charge in [-0.3, -0.25) is 4.79 Å². The molecule has 4 rings (SSSR count). The fourth-order valence-corrected chi connectivity index (χ4v) is 4.30. The van der Waals surface area contributed by atoms with Gasteiger partial charge in [0.15, 0.2) is 0 Å². The Balaban J connectivity index is 1.98. The summed E-state index contributed by atoms with van der Waals surface area (Å²) < 4.78 is 16.7. The molecular weight excluding hydrogens is 373 g/mol. The van der Waals surface area contributed by atoms with Crippen LogP contribution >= 0.6 is 11.6 Å². The van der Waals surface area contributed by atoms with Gasteiger partial charge in [0.25, 0.3) is 0 Å². The first kappa shape index (κ1) is 18.3. The zero-order chi connectivity index (χ0) is 19.3. The highest BCUT2D eigenvalue weighted by Gasteiger charge is 2.30. The van der Waals surface area contributed by atoms with Gasteiger partial charge >= 0.3 is 5.97 Å². The molecule has 0 bridgehead atoms. The number of fused-ring (bicyclic) bond motifs is 1. The van der Waals surface area contributed by atoms with E-state index in [1.165, 1.54) is 6.20 Å². The number of pyridine rings is 1. The fourth-order valence-electron chi connectivity index (χ4n) is 3.89. The molecule has 27 heavy (non-hydrogen) atoms. The van der Waals surface area contributed by atoms with Crippen molar-refractivity contribution < 1.29 is 14.3 Å². The van der Waals surface area contributed by atoms with Gasteiger partial charge in [-0.2, -0.15) is 0 Å². The van der Waals surface area contributed by atoms with Crippen molar-refractivity contribution in [1.82, 2.24) is 4.57 Å². The van der Waals surface area contributed by atoms with Crippen LogP contribution in [0.5, 0.6) is 0 Å². The van der Waals surface area contributed by atoms with Crippen LogP contribution in [0.25, 0.3) is 10.9 Å². The summed E-state index contributed by atoms with van der Waals surface area (Å²) in [5.74, 6) is -1.95. The Kier molecular flexibility index (Phi) is 4.60. The number of halogens is 2. The van der Waals surface area contributed by atoms with E-state index >= 15 is 4.39 Å². The van der Waals surface area contributed by atoms with Crippen LogP contribution in [-0.4, -0.2) is 34.8 Å². The molecule has 0 radical (unpaired) electrons. The third-order valence-electron chi connectivity index (χ3n) is 5.38. The second-order valence-electron chi connectivity index (χ2n) is 7.43. The highest BCUT2D eigenvalue weighted by atomic mass is 35.5. The van der Waals surface area contributed by atoms with Gasteiger partial charge in [-0.05, 0) is 31.7 Å². The lowest BCUT2D eigenvalue weighted by molar-refractivity contribution is 0.0695. The average molecular weight is 394 g/mol. The minimum Gasteiger partial charge on any atom is -0.477 e. The van der Waals surface area contributed by atoms with Crippen LogP contribution in [0.2, 0.25) is 5.02 Å². The van der Waals surface area contributed by atoms with Crippen LogP contribution in [0.1, 0.15) is 48.5 Å². The predicted octanol–water partition coefficient (Wildman–Crippen LogP) is 3.14. The Bertz CT molecular complexity index is 987. The van der Waals surface area contributed by atoms with Gasteiger partial charge in [0.05, 0.1) is 21.6 Å². The van der Waals surface area contributed by atoms with Gasteiger partial charge in [0.1, 0.15) is 11.4 Å². The topological polar surface area (TPSA) is 88.6 Å². The van der Waals surface area contributed by atoms with Crippen LogP contribution in [0.15, 0.2) is 17.1 Å². The number of benzene rings is 1. The summed E-state index contributed by atoms with van der Waals surface area (Å²) in [7, 11) is 0. The largest absolute Gasteiger partial charge is 0.477 e. The Morgan fingerprint density at radius 2 is 2.04 bits per heavy atom. The van der Waals surface area contributed by atoms with Crippen LogP contribution < -0.4 is 16.1 Å². The van der Waals surface area contributed by atoms with Gasteiger partial charge in [-0.15, -0.1) is 0 Å². The number of carbonyl (C=O) groups is 1. The average Bonchev–Trinajstić information content (AvgIpc) is 3.44. The normalized spacial score (nSPS) is 20.7. The van der Waals surface area contributed by atoms with Gasteiger partial charge in [0, 0.05) is 31.4 Å². The van der Waals surface area contributed by atoms with E-state index in [-0.39, 0.29) is 33.7 Å². The minimum atomic E-state index is -1.32. The molecule has 2 heterocycles. The Labute approximate surface area is 160 Å². The number of nitrogens with zero attached hydrogens (tertiary/aromatic N) is 2. The van der Waals surface area contributed by atoms with Crippen LogP contribution in [0, 0.1) is 5.82 Å². The molecule has 1 saturated carbocycles. The van der Waals surface area contributed by atoms with Crippen LogP contribution in [-0.2, 0) is 0 Å². The SMILES string of the molecule is N[C@H]1CCCCN(c2c(F)cc3c(=O)c(C(=O)O)cn(C4CC4)c3c2Cl)C1. The third-order valence-corrected chi connectivity index (χ3v) is 5.74. The van der Waals surface area contributed by atoms with Crippen molar-refractivity contribution in [2.24, 2.45) is 5.73 Å². The van der Waals surface area contributed by atoms with Crippen molar-refractivity contribution in [2.75, 3.05) is 18.0 Å². The molecule has 1 aromatic carbocycles. The number of aromatic nitrogens is 1. The van der Waals surface area contributed by atoms with Gasteiger partial charge in [0.2, 0.25) is 5.43 Å². The molecule has 0 spiro atoms. The molecule has 1 saturated heterocycles. The van der Waals surface area contributed by atoms with Gasteiger partial charge in [-0.1, -0.05) is 18.0 Å². The lowest BCUT2D eigenvalue weighted by atomic mass is 10.1. The molecule has 0 amide bonds. The summed E-state index contributed by atoms with van der Waals surface area (Å²) in [5.41, 5.74) is 5.69. The Hall–Kier alpha value is -2.12. The van der Waals surface area contributed by atoms with E-state index in [4.69, 9.17) is 17.3 Å². The standard InChI is InChI=1S/C19H21ClFN3O3/c20-15-16-12(18(25)13(19(26)27)9-24(16)11-4-5-11)7-14(21)17(15)23-6-2-1-3-10(22)8-23/h7,9-11H,1-6,8,22H2,(H,26,27)/t10-/m0/s1. The number of hydrogen-bond acceptors (Lipinski definition) is 4. The van der Waals surface area contributed by atoms with E-state index in [1.54, 1.807) is 4.57 Å². The summed E-state index contributed by atoms with van der Waals surface area (Å²) >= 11 is 6.63. The number of rotatable bonds is 3. The first-order valence-corrected chi connectivity index (χ1v) is 9.57. The molecule has 144 valence electrons. The van der Waals surface area contributed by atoms with Gasteiger partial charge in [-0.25, -0.2) is 9.18 Å². The highest BCUT2D eigenvalue weighted by molar-refractivity contribution is 6.38. The molecule has 0 unspecified atom stereocenters. The van der Waals surface area contributed by atoms with E-state index in [9.17, 15) is 14.7 Å². The van der Waals surface area contributed by atoms with Crippen molar-refractivity contribution in [3.05, 3.63) is 38.9 Å². The van der Waals surface area contributed by atoms with Crippen molar-refractivity contribution in [3.8, 4) is 0 Å². The molecule has 2 fully saturated rings. The first-order chi connectivity index (χ1) is 12.9. The molecule has 1 aliphatic heterocycles. The third kappa shape index (κ3) is 3.19. The van der Waals surface area contributed by atoms with Crippen molar-refractivity contribution in [2.45, 2.75) is 44.2 Å². The first-order valence-electron chi connectivity index (χ1n) is 9.19. The zero-order valence-corrected chi connectivity index (χ0v) is 15.5. The van der Waals surface area contributed by atoms with Crippen LogP contribution in [0.4, 0.5) is 10.1 Å². The highest BCUT2D eigenvalue weighted by Crippen LogP contribution is 2.42. The second-order valence-corrected chi connectivity index (χ2v) is 7.81. The van der Waals surface area contributed by atoms with E-state index in [0.29, 0.717) is 18.6 Å². The molecule has 6 nitrogen and oxygen atoms in total. The molecule has 2 aromatic rings. The van der Waals surface area contributed by atoms with Crippen LogP contribution in [0.3, 0.4) is 0 Å². The second kappa shape index (κ2) is 6.80. The fraction of sp³-hybridized carbons (Fsp3) is 0.474. The molecule has 8 heteroatoms. The van der Waals surface area contributed by atoms with E-state index < -0.39 is 17.2 Å². The zero-order valence-electron chi connectivity index (χ0n) is 14.8. The summed E-state index contributed by atoms with van der Waals surface area (Å²) in [6.07, 6.45) is 5.81. The number of carboxylic acid groups (broad SMARTS) is 1. The molecule has 3 N–H and O–H groups in total. The molecule has 1 aliphatic carbocycles. The lowest BCUT2D eigenvalue weighted by Gasteiger charge is -2.27. The summed E-state index contributed by atoms with van der Waals surface area (Å²) in [6, 6.07) is 1.13. The number of aromatic carboxylic acids is 1. The summed E-state index contributed by atoms with van der Waals surface area (Å²) in [6.45, 7) is 1.12. The van der Waals surface area contributed by atoms with E-state index in [0.717, 1.165) is 38.2 Å². The minimum absolute atomic E-state index is 0.00664. The monoisotopic (exact) mass is 393 g/mol. The molecular formula is C19H21ClFN3O3. The van der Waals surface area contributed by atoms with Crippen molar-refractivity contribution >= 4 is 34.2 Å². The number of anilines is 1. The maximum absolute atomic E-state index is 15.0. The van der Waals surface area contributed by atoms with Crippen molar-refractivity contribution in [1.29, 1.82) is 0 Å². The van der Waals surface area contributed by atoms with Gasteiger partial charge < -0.3 is 20.3 Å². The van der Waals surface area contributed by atoms with E-state index in [2.05, 4.69) is 0 Å².